The minimum atomic E-state index is 0.0288. The Morgan fingerprint density at radius 1 is 1.06 bits per heavy atom. The molecule has 1 unspecified atom stereocenters. The predicted octanol–water partition coefficient (Wildman–Crippen LogP) is 4.64. The average Bonchev–Trinajstić information content (AvgIpc) is 3.20. The third kappa shape index (κ3) is 4.36. The molecule has 0 aliphatic carbocycles. The van der Waals surface area contributed by atoms with E-state index in [2.05, 4.69) is 21.6 Å². The third-order valence-corrected chi connectivity index (χ3v) is 5.92. The standard InChI is InChI=1S/C26H26N4O2/c31-26(22-10-4-5-11-24(22)28-21-8-2-1-3-9-21)30-13-14-32-18-19(17-30)15-20-7-6-12-25-23(20)16-27-29-25/h1-12,16,19,28H,13-15,17-18H2,(H,27,29). The Morgan fingerprint density at radius 2 is 1.91 bits per heavy atom. The van der Waals surface area contributed by atoms with E-state index in [1.54, 1.807) is 0 Å². The van der Waals surface area contributed by atoms with Gasteiger partial charge in [0.1, 0.15) is 0 Å². The highest BCUT2D eigenvalue weighted by Gasteiger charge is 2.25. The number of H-pyrrole nitrogens is 1. The molecule has 1 amide bonds. The summed E-state index contributed by atoms with van der Waals surface area (Å²) in [5.74, 6) is 0.247. The van der Waals surface area contributed by atoms with E-state index in [9.17, 15) is 4.79 Å². The molecule has 0 radical (unpaired) electrons. The van der Waals surface area contributed by atoms with Crippen molar-refractivity contribution in [2.75, 3.05) is 31.6 Å². The molecule has 0 spiro atoms. The number of hydrogen-bond acceptors (Lipinski definition) is 4. The number of aromatic amines is 1. The molecule has 6 heteroatoms. The molecule has 0 bridgehead atoms. The van der Waals surface area contributed by atoms with Crippen molar-refractivity contribution in [2.24, 2.45) is 5.92 Å². The van der Waals surface area contributed by atoms with Crippen molar-refractivity contribution in [3.63, 3.8) is 0 Å². The number of ether oxygens (including phenoxy) is 1. The number of aromatic nitrogens is 2. The molecule has 0 saturated carbocycles. The van der Waals surface area contributed by atoms with Crippen LogP contribution >= 0.6 is 0 Å². The van der Waals surface area contributed by atoms with Crippen LogP contribution in [-0.2, 0) is 11.2 Å². The quantitative estimate of drug-likeness (QED) is 0.488. The van der Waals surface area contributed by atoms with E-state index in [4.69, 9.17) is 4.74 Å². The Labute approximate surface area is 187 Å². The number of fused-ring (bicyclic) bond motifs is 1. The van der Waals surface area contributed by atoms with Gasteiger partial charge >= 0.3 is 0 Å². The van der Waals surface area contributed by atoms with Crippen LogP contribution in [0.15, 0.2) is 79.0 Å². The van der Waals surface area contributed by atoms with Crippen LogP contribution in [0, 0.1) is 5.92 Å². The minimum absolute atomic E-state index is 0.0288. The van der Waals surface area contributed by atoms with E-state index < -0.39 is 0 Å². The second kappa shape index (κ2) is 9.24. The molecule has 2 heterocycles. The Morgan fingerprint density at radius 3 is 2.81 bits per heavy atom. The summed E-state index contributed by atoms with van der Waals surface area (Å²) in [6.07, 6.45) is 2.71. The highest BCUT2D eigenvalue weighted by Crippen LogP contribution is 2.25. The number of carbonyl (C=O) groups excluding carboxylic acids is 1. The summed E-state index contributed by atoms with van der Waals surface area (Å²) in [4.78, 5) is 15.5. The van der Waals surface area contributed by atoms with E-state index >= 15 is 0 Å². The third-order valence-electron chi connectivity index (χ3n) is 5.92. The lowest BCUT2D eigenvalue weighted by Crippen LogP contribution is -2.36. The second-order valence-corrected chi connectivity index (χ2v) is 8.18. The Kier molecular flexibility index (Phi) is 5.85. The lowest BCUT2D eigenvalue weighted by molar-refractivity contribution is 0.0738. The van der Waals surface area contributed by atoms with Crippen molar-refractivity contribution in [1.82, 2.24) is 15.1 Å². The fourth-order valence-corrected chi connectivity index (χ4v) is 4.33. The van der Waals surface area contributed by atoms with Crippen molar-refractivity contribution in [2.45, 2.75) is 6.42 Å². The first-order chi connectivity index (χ1) is 15.8. The molecular weight excluding hydrogens is 400 g/mol. The topological polar surface area (TPSA) is 70.2 Å². The summed E-state index contributed by atoms with van der Waals surface area (Å²) < 4.78 is 5.88. The predicted molar refractivity (Wildman–Crippen MR) is 126 cm³/mol. The number of para-hydroxylation sites is 2. The maximum Gasteiger partial charge on any atom is 0.256 e. The van der Waals surface area contributed by atoms with Crippen molar-refractivity contribution in [3.8, 4) is 0 Å². The Balaban J connectivity index is 1.35. The van der Waals surface area contributed by atoms with Crippen LogP contribution in [0.4, 0.5) is 11.4 Å². The SMILES string of the molecule is O=C(c1ccccc1Nc1ccccc1)N1CCOCC(Cc2cccc3[nH]ncc23)C1. The van der Waals surface area contributed by atoms with Crippen LogP contribution in [0.1, 0.15) is 15.9 Å². The number of nitrogens with one attached hydrogen (secondary N) is 2. The number of benzene rings is 3. The summed E-state index contributed by atoms with van der Waals surface area (Å²) in [5.41, 5.74) is 4.71. The fraction of sp³-hybridized carbons (Fsp3) is 0.231. The number of rotatable bonds is 5. The molecule has 4 aromatic rings. The van der Waals surface area contributed by atoms with E-state index in [1.807, 2.05) is 77.8 Å². The Bertz CT molecular complexity index is 1200. The summed E-state index contributed by atoms with van der Waals surface area (Å²) in [6.45, 7) is 2.44. The molecule has 32 heavy (non-hydrogen) atoms. The van der Waals surface area contributed by atoms with Gasteiger partial charge in [0.15, 0.2) is 0 Å². The van der Waals surface area contributed by atoms with Gasteiger partial charge in [-0.15, -0.1) is 0 Å². The monoisotopic (exact) mass is 426 g/mol. The first-order valence-corrected chi connectivity index (χ1v) is 11.0. The van der Waals surface area contributed by atoms with Gasteiger partial charge in [0.2, 0.25) is 0 Å². The first kappa shape index (κ1) is 20.3. The number of hydrogen-bond donors (Lipinski definition) is 2. The van der Waals surface area contributed by atoms with Crippen molar-refractivity contribution >= 4 is 28.2 Å². The van der Waals surface area contributed by atoms with Gasteiger partial charge in [0.05, 0.1) is 36.2 Å². The first-order valence-electron chi connectivity index (χ1n) is 11.0. The molecule has 5 rings (SSSR count). The van der Waals surface area contributed by atoms with Crippen LogP contribution in [-0.4, -0.2) is 47.3 Å². The largest absolute Gasteiger partial charge is 0.379 e. The van der Waals surface area contributed by atoms with E-state index in [0.717, 1.165) is 28.7 Å². The Hall–Kier alpha value is -3.64. The lowest BCUT2D eigenvalue weighted by atomic mass is 9.97. The fourth-order valence-electron chi connectivity index (χ4n) is 4.33. The number of nitrogens with zero attached hydrogens (tertiary/aromatic N) is 2. The van der Waals surface area contributed by atoms with Gasteiger partial charge in [0, 0.05) is 30.1 Å². The molecular formula is C26H26N4O2. The maximum absolute atomic E-state index is 13.5. The summed E-state index contributed by atoms with van der Waals surface area (Å²) >= 11 is 0. The smallest absolute Gasteiger partial charge is 0.256 e. The number of carbonyl (C=O) groups is 1. The summed E-state index contributed by atoms with van der Waals surface area (Å²) in [6, 6.07) is 23.8. The van der Waals surface area contributed by atoms with Crippen molar-refractivity contribution in [1.29, 1.82) is 0 Å². The summed E-state index contributed by atoms with van der Waals surface area (Å²) in [7, 11) is 0. The highest BCUT2D eigenvalue weighted by atomic mass is 16.5. The normalized spacial score (nSPS) is 16.6. The number of anilines is 2. The zero-order chi connectivity index (χ0) is 21.8. The van der Waals surface area contributed by atoms with Gasteiger partial charge in [0.25, 0.3) is 5.91 Å². The van der Waals surface area contributed by atoms with Crippen LogP contribution in [0.25, 0.3) is 10.9 Å². The van der Waals surface area contributed by atoms with Gasteiger partial charge < -0.3 is 15.0 Å². The molecule has 3 aromatic carbocycles. The van der Waals surface area contributed by atoms with Crippen LogP contribution in [0.3, 0.4) is 0 Å². The van der Waals surface area contributed by atoms with Crippen LogP contribution in [0.5, 0.6) is 0 Å². The van der Waals surface area contributed by atoms with Crippen LogP contribution in [0.2, 0.25) is 0 Å². The van der Waals surface area contributed by atoms with Crippen molar-refractivity contribution < 1.29 is 9.53 Å². The van der Waals surface area contributed by atoms with E-state index in [-0.39, 0.29) is 11.8 Å². The van der Waals surface area contributed by atoms with Gasteiger partial charge in [-0.25, -0.2) is 0 Å². The van der Waals surface area contributed by atoms with E-state index in [0.29, 0.717) is 31.9 Å². The molecule has 1 aliphatic heterocycles. The molecule has 6 nitrogen and oxygen atoms in total. The second-order valence-electron chi connectivity index (χ2n) is 8.18. The van der Waals surface area contributed by atoms with Crippen molar-refractivity contribution in [3.05, 3.63) is 90.1 Å². The van der Waals surface area contributed by atoms with Gasteiger partial charge in [-0.3, -0.25) is 9.89 Å². The zero-order valence-corrected chi connectivity index (χ0v) is 17.8. The van der Waals surface area contributed by atoms with Gasteiger partial charge in [-0.1, -0.05) is 42.5 Å². The van der Waals surface area contributed by atoms with E-state index in [1.165, 1.54) is 5.56 Å². The molecule has 1 atom stereocenters. The molecule has 1 saturated heterocycles. The maximum atomic E-state index is 13.5. The molecule has 2 N–H and O–H groups in total. The van der Waals surface area contributed by atoms with Gasteiger partial charge in [-0.2, -0.15) is 5.10 Å². The molecule has 1 aromatic heterocycles. The summed E-state index contributed by atoms with van der Waals surface area (Å²) in [5, 5.41) is 11.7. The molecule has 1 fully saturated rings. The average molecular weight is 427 g/mol. The van der Waals surface area contributed by atoms with Crippen LogP contribution < -0.4 is 5.32 Å². The minimum Gasteiger partial charge on any atom is -0.379 e. The number of amides is 1. The zero-order valence-electron chi connectivity index (χ0n) is 17.8. The molecule has 1 aliphatic rings. The lowest BCUT2D eigenvalue weighted by Gasteiger charge is -2.25. The molecule has 162 valence electrons. The highest BCUT2D eigenvalue weighted by molar-refractivity contribution is 6.00. The van der Waals surface area contributed by atoms with Gasteiger partial charge in [-0.05, 0) is 42.3 Å².